The van der Waals surface area contributed by atoms with Crippen molar-refractivity contribution in [1.82, 2.24) is 0 Å². The lowest BCUT2D eigenvalue weighted by atomic mass is 10.0. The predicted molar refractivity (Wildman–Crippen MR) is 127 cm³/mol. The standard InChI is InChI=1S/C26H25NO3S/c1-19(2)20-9-13-22(14-10-20)27-25(17-18-31-24-7-5-4-6-8-24)30-23-15-11-21(12-16-23)26(28)29-3/h4-19H,1-3H3. The first-order valence-electron chi connectivity index (χ1n) is 9.98. The van der Waals surface area contributed by atoms with Crippen molar-refractivity contribution in [2.45, 2.75) is 24.7 Å². The van der Waals surface area contributed by atoms with Crippen LogP contribution in [-0.2, 0) is 4.74 Å². The van der Waals surface area contributed by atoms with Crippen molar-refractivity contribution < 1.29 is 14.3 Å². The van der Waals surface area contributed by atoms with Crippen LogP contribution in [0, 0.1) is 0 Å². The van der Waals surface area contributed by atoms with Gasteiger partial charge < -0.3 is 9.47 Å². The largest absolute Gasteiger partial charge is 0.465 e. The molecule has 158 valence electrons. The molecule has 5 heteroatoms. The van der Waals surface area contributed by atoms with Gasteiger partial charge in [-0.15, -0.1) is 0 Å². The molecule has 0 radical (unpaired) electrons. The molecule has 0 spiro atoms. The van der Waals surface area contributed by atoms with Crippen molar-refractivity contribution in [3.63, 3.8) is 0 Å². The molecule has 0 fully saturated rings. The van der Waals surface area contributed by atoms with Crippen molar-refractivity contribution in [1.29, 1.82) is 0 Å². The van der Waals surface area contributed by atoms with Crippen LogP contribution in [0.4, 0.5) is 5.69 Å². The van der Waals surface area contributed by atoms with Crippen molar-refractivity contribution >= 4 is 29.3 Å². The second kappa shape index (κ2) is 11.2. The Balaban J connectivity index is 1.81. The third-order valence-electron chi connectivity index (χ3n) is 4.45. The molecule has 0 amide bonds. The average molecular weight is 432 g/mol. The summed E-state index contributed by atoms with van der Waals surface area (Å²) in [6, 6.07) is 25.0. The molecule has 0 saturated heterocycles. The summed E-state index contributed by atoms with van der Waals surface area (Å²) in [5.41, 5.74) is 2.53. The van der Waals surface area contributed by atoms with Crippen LogP contribution in [0.15, 0.2) is 100 Å². The average Bonchev–Trinajstić information content (AvgIpc) is 2.80. The summed E-state index contributed by atoms with van der Waals surface area (Å²) in [6.07, 6.45) is 1.84. The zero-order valence-electron chi connectivity index (χ0n) is 17.8. The molecule has 0 bridgehead atoms. The van der Waals surface area contributed by atoms with Crippen LogP contribution in [0.25, 0.3) is 0 Å². The molecule has 0 aromatic heterocycles. The Labute approximate surface area is 187 Å². The number of methoxy groups -OCH3 is 1. The van der Waals surface area contributed by atoms with E-state index in [9.17, 15) is 4.79 Å². The summed E-state index contributed by atoms with van der Waals surface area (Å²) >= 11 is 1.58. The van der Waals surface area contributed by atoms with Gasteiger partial charge in [-0.1, -0.05) is 55.9 Å². The lowest BCUT2D eigenvalue weighted by molar-refractivity contribution is 0.0600. The maximum atomic E-state index is 11.6. The molecular weight excluding hydrogens is 406 g/mol. The second-order valence-corrected chi connectivity index (χ2v) is 8.03. The molecule has 0 aliphatic carbocycles. The lowest BCUT2D eigenvalue weighted by Crippen LogP contribution is -2.05. The van der Waals surface area contributed by atoms with Crippen LogP contribution in [0.2, 0.25) is 0 Å². The maximum absolute atomic E-state index is 11.6. The van der Waals surface area contributed by atoms with E-state index in [2.05, 4.69) is 31.0 Å². The first-order valence-corrected chi connectivity index (χ1v) is 10.9. The highest BCUT2D eigenvalue weighted by atomic mass is 32.2. The summed E-state index contributed by atoms with van der Waals surface area (Å²) < 4.78 is 10.7. The van der Waals surface area contributed by atoms with Gasteiger partial charge in [-0.3, -0.25) is 0 Å². The van der Waals surface area contributed by atoms with E-state index in [-0.39, 0.29) is 5.97 Å². The molecule has 0 atom stereocenters. The van der Waals surface area contributed by atoms with Gasteiger partial charge in [-0.2, -0.15) is 0 Å². The van der Waals surface area contributed by atoms with E-state index >= 15 is 0 Å². The minimum Gasteiger partial charge on any atom is -0.465 e. The highest BCUT2D eigenvalue weighted by Crippen LogP contribution is 2.22. The van der Waals surface area contributed by atoms with Gasteiger partial charge in [0.15, 0.2) is 0 Å². The van der Waals surface area contributed by atoms with Gasteiger partial charge in [-0.05, 0) is 65.4 Å². The first kappa shape index (κ1) is 22.4. The normalized spacial score (nSPS) is 11.7. The quantitative estimate of drug-likeness (QED) is 0.175. The van der Waals surface area contributed by atoms with Crippen molar-refractivity contribution in [3.05, 3.63) is 101 Å². The molecule has 3 aromatic carbocycles. The Morgan fingerprint density at radius 2 is 1.61 bits per heavy atom. The number of rotatable bonds is 7. The van der Waals surface area contributed by atoms with E-state index < -0.39 is 0 Å². The van der Waals surface area contributed by atoms with Crippen LogP contribution >= 0.6 is 11.8 Å². The fourth-order valence-electron chi connectivity index (χ4n) is 2.72. The molecule has 0 heterocycles. The van der Waals surface area contributed by atoms with Gasteiger partial charge in [-0.25, -0.2) is 9.79 Å². The summed E-state index contributed by atoms with van der Waals surface area (Å²) in [6.45, 7) is 4.32. The van der Waals surface area contributed by atoms with E-state index in [1.54, 1.807) is 36.0 Å². The SMILES string of the molecule is COC(=O)c1ccc(OC(C=CSc2ccccc2)=Nc2ccc(C(C)C)cc2)cc1. The number of benzene rings is 3. The number of nitrogens with zero attached hydrogens (tertiary/aromatic N) is 1. The lowest BCUT2D eigenvalue weighted by Gasteiger charge is -2.08. The van der Waals surface area contributed by atoms with Crippen molar-refractivity contribution in [2.75, 3.05) is 7.11 Å². The Kier molecular flexibility index (Phi) is 8.07. The van der Waals surface area contributed by atoms with Crippen LogP contribution in [0.3, 0.4) is 0 Å². The summed E-state index contributed by atoms with van der Waals surface area (Å²) in [7, 11) is 1.36. The highest BCUT2D eigenvalue weighted by Gasteiger charge is 2.07. The third-order valence-corrected chi connectivity index (χ3v) is 5.27. The Bertz CT molecular complexity index is 1040. The molecule has 0 saturated carbocycles. The molecule has 0 aliphatic heterocycles. The zero-order valence-corrected chi connectivity index (χ0v) is 18.6. The first-order chi connectivity index (χ1) is 15.0. The van der Waals surface area contributed by atoms with E-state index in [1.807, 2.05) is 53.9 Å². The predicted octanol–water partition coefficient (Wildman–Crippen LogP) is 7.01. The second-order valence-electron chi connectivity index (χ2n) is 7.05. The van der Waals surface area contributed by atoms with Crippen molar-refractivity contribution in [3.8, 4) is 5.75 Å². The number of esters is 1. The fourth-order valence-corrected chi connectivity index (χ4v) is 3.38. The number of carbonyl (C=O) groups is 1. The molecule has 0 N–H and O–H groups in total. The van der Waals surface area contributed by atoms with Crippen LogP contribution < -0.4 is 4.74 Å². The Morgan fingerprint density at radius 1 is 0.935 bits per heavy atom. The molecule has 3 aromatic rings. The van der Waals surface area contributed by atoms with Gasteiger partial charge in [0.2, 0.25) is 5.90 Å². The summed E-state index contributed by atoms with van der Waals surface area (Å²) in [5, 5.41) is 1.94. The van der Waals surface area contributed by atoms with Gasteiger partial charge in [0.1, 0.15) is 5.75 Å². The third kappa shape index (κ3) is 6.86. The van der Waals surface area contributed by atoms with Gasteiger partial charge in [0.05, 0.1) is 18.4 Å². The van der Waals surface area contributed by atoms with E-state index in [0.29, 0.717) is 23.1 Å². The van der Waals surface area contributed by atoms with Gasteiger partial charge >= 0.3 is 5.97 Å². The topological polar surface area (TPSA) is 47.9 Å². The number of thioether (sulfide) groups is 1. The molecule has 0 aliphatic rings. The highest BCUT2D eigenvalue weighted by molar-refractivity contribution is 8.02. The summed E-state index contributed by atoms with van der Waals surface area (Å²) in [5.74, 6) is 1.11. The number of aliphatic imine (C=N–C) groups is 1. The minimum absolute atomic E-state index is 0.384. The smallest absolute Gasteiger partial charge is 0.337 e. The van der Waals surface area contributed by atoms with Crippen LogP contribution in [0.5, 0.6) is 5.75 Å². The fraction of sp³-hybridized carbons (Fsp3) is 0.154. The number of hydrogen-bond donors (Lipinski definition) is 0. The van der Waals surface area contributed by atoms with Crippen molar-refractivity contribution in [2.24, 2.45) is 4.99 Å². The van der Waals surface area contributed by atoms with Gasteiger partial charge in [0, 0.05) is 11.0 Å². The monoisotopic (exact) mass is 431 g/mol. The summed E-state index contributed by atoms with van der Waals surface area (Å²) in [4.78, 5) is 17.4. The Morgan fingerprint density at radius 3 is 2.23 bits per heavy atom. The molecular formula is C26H25NO3S. The number of hydrogen-bond acceptors (Lipinski definition) is 5. The Hall–Kier alpha value is -3.31. The zero-order chi connectivity index (χ0) is 22.1. The maximum Gasteiger partial charge on any atom is 0.337 e. The van der Waals surface area contributed by atoms with Gasteiger partial charge in [0.25, 0.3) is 0 Å². The number of carbonyl (C=O) groups excluding carboxylic acids is 1. The minimum atomic E-state index is -0.384. The van der Waals surface area contributed by atoms with E-state index in [1.165, 1.54) is 12.7 Å². The van der Waals surface area contributed by atoms with Crippen LogP contribution in [0.1, 0.15) is 35.7 Å². The molecule has 0 unspecified atom stereocenters. The van der Waals surface area contributed by atoms with Crippen LogP contribution in [-0.4, -0.2) is 19.0 Å². The molecule has 4 nitrogen and oxygen atoms in total. The van der Waals surface area contributed by atoms with E-state index in [4.69, 9.17) is 9.47 Å². The van der Waals surface area contributed by atoms with E-state index in [0.717, 1.165) is 10.6 Å². The molecule has 3 rings (SSSR count). The molecule has 31 heavy (non-hydrogen) atoms. The number of ether oxygens (including phenoxy) is 2.